The molecule has 32 heavy (non-hydrogen) atoms. The number of halogens is 2. The first-order valence-corrected chi connectivity index (χ1v) is 11.7. The summed E-state index contributed by atoms with van der Waals surface area (Å²) in [7, 11) is 0. The minimum Gasteiger partial charge on any atom is -0.494 e. The third kappa shape index (κ3) is 6.58. The molecule has 0 bridgehead atoms. The Morgan fingerprint density at radius 1 is 1.12 bits per heavy atom. The van der Waals surface area contributed by atoms with Crippen LogP contribution < -0.4 is 14.8 Å². The molecule has 1 N–H and O–H groups in total. The maximum Gasteiger partial charge on any atom is 0.266 e. The minimum absolute atomic E-state index is 0.000427. The lowest BCUT2D eigenvalue weighted by Gasteiger charge is -2.12. The van der Waals surface area contributed by atoms with Crippen molar-refractivity contribution in [3.63, 3.8) is 0 Å². The molecule has 0 spiro atoms. The Bertz CT molecular complexity index is 1130. The molecule has 0 unspecified atom stereocenters. The Balaban J connectivity index is 1.73. The van der Waals surface area contributed by atoms with Gasteiger partial charge in [-0.2, -0.15) is 5.26 Å². The Hall–Kier alpha value is -2.83. The number of nitrogens with one attached hydrogen (secondary N) is 1. The Labute approximate surface area is 209 Å². The van der Waals surface area contributed by atoms with Gasteiger partial charge in [-0.25, -0.2) is 0 Å². The zero-order valence-corrected chi connectivity index (χ0v) is 21.0. The zero-order chi connectivity index (χ0) is 22.9. The number of amides is 1. The van der Waals surface area contributed by atoms with Gasteiger partial charge in [0.1, 0.15) is 29.7 Å². The quantitative estimate of drug-likeness (QED) is 0.180. The summed E-state index contributed by atoms with van der Waals surface area (Å²) in [4.78, 5) is 12.6. The van der Waals surface area contributed by atoms with Gasteiger partial charge in [0.05, 0.1) is 14.6 Å². The predicted octanol–water partition coefficient (Wildman–Crippen LogP) is 6.58. The molecule has 0 heterocycles. The number of anilines is 1. The van der Waals surface area contributed by atoms with E-state index in [2.05, 4.69) is 43.8 Å². The van der Waals surface area contributed by atoms with Crippen LogP contribution in [0.4, 0.5) is 5.69 Å². The van der Waals surface area contributed by atoms with Crippen molar-refractivity contribution in [3.05, 3.63) is 91.5 Å². The Kier molecular flexibility index (Phi) is 8.71. The molecule has 5 nitrogen and oxygen atoms in total. The highest BCUT2D eigenvalue weighted by atomic mass is 127. The van der Waals surface area contributed by atoms with E-state index in [0.29, 0.717) is 30.2 Å². The molecule has 0 aliphatic heterocycles. The van der Waals surface area contributed by atoms with Gasteiger partial charge in [-0.05, 0) is 99.0 Å². The third-order valence-corrected chi connectivity index (χ3v) is 5.74. The van der Waals surface area contributed by atoms with Crippen LogP contribution in [-0.2, 0) is 11.4 Å². The molecule has 162 valence electrons. The number of carbonyl (C=O) groups is 1. The number of nitrogens with zero attached hydrogens (tertiary/aromatic N) is 1. The van der Waals surface area contributed by atoms with Gasteiger partial charge in [0.25, 0.3) is 5.91 Å². The molecular formula is C25H20BrIN2O3. The van der Waals surface area contributed by atoms with Crippen LogP contribution >= 0.6 is 38.5 Å². The van der Waals surface area contributed by atoms with Gasteiger partial charge in [0.15, 0.2) is 0 Å². The average molecular weight is 603 g/mol. The molecular weight excluding hydrogens is 583 g/mol. The highest BCUT2D eigenvalue weighted by Crippen LogP contribution is 2.33. The highest BCUT2D eigenvalue weighted by molar-refractivity contribution is 14.1. The number of hydrogen-bond donors (Lipinski definition) is 1. The van der Waals surface area contributed by atoms with E-state index in [1.807, 2.05) is 55.5 Å². The van der Waals surface area contributed by atoms with E-state index in [4.69, 9.17) is 9.47 Å². The lowest BCUT2D eigenvalue weighted by molar-refractivity contribution is -0.112. The van der Waals surface area contributed by atoms with Crippen LogP contribution in [0.15, 0.2) is 76.8 Å². The Morgan fingerprint density at radius 3 is 2.47 bits per heavy atom. The number of ether oxygens (including phenoxy) is 2. The minimum atomic E-state index is -0.479. The van der Waals surface area contributed by atoms with Crippen LogP contribution in [0.2, 0.25) is 0 Å². The van der Waals surface area contributed by atoms with Gasteiger partial charge in [0.2, 0.25) is 0 Å². The maximum atomic E-state index is 12.6. The molecule has 0 aromatic heterocycles. The summed E-state index contributed by atoms with van der Waals surface area (Å²) >= 11 is 5.72. The summed E-state index contributed by atoms with van der Waals surface area (Å²) in [6.07, 6.45) is 1.55. The van der Waals surface area contributed by atoms with Crippen LogP contribution in [0.5, 0.6) is 11.5 Å². The fourth-order valence-corrected chi connectivity index (χ4v) is 4.61. The highest BCUT2D eigenvalue weighted by Gasteiger charge is 2.13. The fourth-order valence-electron chi connectivity index (χ4n) is 2.85. The van der Waals surface area contributed by atoms with Gasteiger partial charge in [-0.1, -0.05) is 30.3 Å². The van der Waals surface area contributed by atoms with E-state index in [9.17, 15) is 10.1 Å². The SMILES string of the molecule is CCOc1ccc(NC(=O)/C(C#N)=C\c2cc(Br)c(OCc3ccccc3)c(I)c2)cc1. The number of hydrogen-bond acceptors (Lipinski definition) is 4. The van der Waals surface area contributed by atoms with Crippen molar-refractivity contribution in [2.75, 3.05) is 11.9 Å². The summed E-state index contributed by atoms with van der Waals surface area (Å²) in [6.45, 7) is 2.91. The van der Waals surface area contributed by atoms with Crippen LogP contribution in [0.3, 0.4) is 0 Å². The van der Waals surface area contributed by atoms with Crippen LogP contribution in [0, 0.1) is 14.9 Å². The molecule has 0 aliphatic carbocycles. The number of rotatable bonds is 8. The van der Waals surface area contributed by atoms with Crippen LogP contribution in [-0.4, -0.2) is 12.5 Å². The molecule has 0 atom stereocenters. The molecule has 1 amide bonds. The molecule has 0 saturated heterocycles. The molecule has 3 aromatic rings. The van der Waals surface area contributed by atoms with E-state index >= 15 is 0 Å². The molecule has 0 radical (unpaired) electrons. The predicted molar refractivity (Wildman–Crippen MR) is 137 cm³/mol. The monoisotopic (exact) mass is 602 g/mol. The smallest absolute Gasteiger partial charge is 0.266 e. The van der Waals surface area contributed by atoms with Crippen molar-refractivity contribution in [2.24, 2.45) is 0 Å². The largest absolute Gasteiger partial charge is 0.494 e. The molecule has 7 heteroatoms. The van der Waals surface area contributed by atoms with E-state index in [0.717, 1.165) is 19.4 Å². The Morgan fingerprint density at radius 2 is 1.84 bits per heavy atom. The molecule has 0 saturated carbocycles. The van der Waals surface area contributed by atoms with Gasteiger partial charge < -0.3 is 14.8 Å². The fraction of sp³-hybridized carbons (Fsp3) is 0.120. The molecule has 3 rings (SSSR count). The second-order valence-electron chi connectivity index (χ2n) is 6.67. The van der Waals surface area contributed by atoms with E-state index in [1.165, 1.54) is 0 Å². The van der Waals surface area contributed by atoms with Crippen molar-refractivity contribution in [3.8, 4) is 17.6 Å². The van der Waals surface area contributed by atoms with Crippen molar-refractivity contribution in [1.82, 2.24) is 0 Å². The van der Waals surface area contributed by atoms with Gasteiger partial charge in [-0.15, -0.1) is 0 Å². The lowest BCUT2D eigenvalue weighted by atomic mass is 10.1. The topological polar surface area (TPSA) is 71.3 Å². The maximum absolute atomic E-state index is 12.6. The number of nitriles is 1. The van der Waals surface area contributed by atoms with Crippen molar-refractivity contribution in [1.29, 1.82) is 5.26 Å². The first-order chi connectivity index (χ1) is 15.5. The summed E-state index contributed by atoms with van der Waals surface area (Å²) < 4.78 is 13.0. The van der Waals surface area contributed by atoms with Crippen molar-refractivity contribution in [2.45, 2.75) is 13.5 Å². The standard InChI is InChI=1S/C25H20BrIN2O3/c1-2-31-21-10-8-20(9-11-21)29-25(30)19(15-28)12-18-13-22(26)24(23(27)14-18)32-16-17-6-4-3-5-7-17/h3-14H,2,16H2,1H3,(H,29,30)/b19-12-. The van der Waals surface area contributed by atoms with Crippen molar-refractivity contribution >= 4 is 56.2 Å². The van der Waals surface area contributed by atoms with Crippen LogP contribution in [0.25, 0.3) is 6.08 Å². The first-order valence-electron chi connectivity index (χ1n) is 9.82. The van der Waals surface area contributed by atoms with Gasteiger partial charge in [-0.3, -0.25) is 4.79 Å². The molecule has 3 aromatic carbocycles. The van der Waals surface area contributed by atoms with Crippen molar-refractivity contribution < 1.29 is 14.3 Å². The average Bonchev–Trinajstić information content (AvgIpc) is 2.79. The summed E-state index contributed by atoms with van der Waals surface area (Å²) in [5.41, 5.74) is 2.36. The lowest BCUT2D eigenvalue weighted by Crippen LogP contribution is -2.13. The van der Waals surface area contributed by atoms with E-state index in [-0.39, 0.29) is 5.57 Å². The number of benzene rings is 3. The second kappa shape index (κ2) is 11.7. The molecule has 0 fully saturated rings. The molecule has 0 aliphatic rings. The third-order valence-electron chi connectivity index (χ3n) is 4.35. The zero-order valence-electron chi connectivity index (χ0n) is 17.3. The summed E-state index contributed by atoms with van der Waals surface area (Å²) in [5, 5.41) is 12.3. The van der Waals surface area contributed by atoms with Gasteiger partial charge in [0, 0.05) is 5.69 Å². The normalized spacial score (nSPS) is 10.9. The van der Waals surface area contributed by atoms with E-state index in [1.54, 1.807) is 30.3 Å². The summed E-state index contributed by atoms with van der Waals surface area (Å²) in [5.74, 6) is 0.951. The number of carbonyl (C=O) groups excluding carboxylic acids is 1. The first kappa shape index (κ1) is 23.8. The van der Waals surface area contributed by atoms with Crippen LogP contribution in [0.1, 0.15) is 18.1 Å². The summed E-state index contributed by atoms with van der Waals surface area (Å²) in [6, 6.07) is 22.6. The second-order valence-corrected chi connectivity index (χ2v) is 8.69. The van der Waals surface area contributed by atoms with Gasteiger partial charge >= 0.3 is 0 Å². The van der Waals surface area contributed by atoms with E-state index < -0.39 is 5.91 Å².